The van der Waals surface area contributed by atoms with Gasteiger partial charge in [-0.2, -0.15) is 0 Å². The third kappa shape index (κ3) is 4.27. The first-order chi connectivity index (χ1) is 12.0. The van der Waals surface area contributed by atoms with Crippen molar-refractivity contribution in [2.45, 2.75) is 13.3 Å². The smallest absolute Gasteiger partial charge is 0.270 e. The summed E-state index contributed by atoms with van der Waals surface area (Å²) in [6.07, 6.45) is 2.47. The second-order valence-corrected chi connectivity index (χ2v) is 6.67. The minimum Gasteiger partial charge on any atom is -0.298 e. The zero-order valence-corrected chi connectivity index (χ0v) is 14.2. The number of carbonyl (C=O) groups excluding carboxylic acids is 1. The minimum atomic E-state index is -0.528. The number of nitro groups is 1. The zero-order valence-electron chi connectivity index (χ0n) is 13.4. The Morgan fingerprint density at radius 2 is 2.00 bits per heavy atom. The molecule has 0 bridgehead atoms. The van der Waals surface area contributed by atoms with E-state index in [-0.39, 0.29) is 11.3 Å². The van der Waals surface area contributed by atoms with E-state index >= 15 is 0 Å². The first-order valence-corrected chi connectivity index (χ1v) is 8.39. The van der Waals surface area contributed by atoms with Gasteiger partial charge in [-0.3, -0.25) is 20.2 Å². The molecule has 0 radical (unpaired) electrons. The van der Waals surface area contributed by atoms with Crippen molar-refractivity contribution in [3.8, 4) is 0 Å². The molecule has 0 spiro atoms. The average Bonchev–Trinajstić information content (AvgIpc) is 3.04. The van der Waals surface area contributed by atoms with Crippen LogP contribution >= 0.6 is 11.3 Å². The van der Waals surface area contributed by atoms with E-state index in [1.165, 1.54) is 46.7 Å². The van der Waals surface area contributed by atoms with Gasteiger partial charge in [-0.05, 0) is 18.6 Å². The zero-order chi connectivity index (χ0) is 17.8. The fourth-order valence-corrected chi connectivity index (χ4v) is 3.13. The molecule has 6 nitrogen and oxygen atoms in total. The number of aromatic nitrogens is 1. The average molecular weight is 353 g/mol. The Morgan fingerprint density at radius 3 is 2.72 bits per heavy atom. The molecule has 1 heterocycles. The van der Waals surface area contributed by atoms with Gasteiger partial charge in [0.25, 0.3) is 11.6 Å². The summed E-state index contributed by atoms with van der Waals surface area (Å²) in [5.74, 6) is -0.417. The summed E-state index contributed by atoms with van der Waals surface area (Å²) in [4.78, 5) is 27.7. The van der Waals surface area contributed by atoms with E-state index in [4.69, 9.17) is 0 Å². The molecular formula is C18H15N3O3S. The summed E-state index contributed by atoms with van der Waals surface area (Å²) in [5.41, 5.74) is 2.49. The summed E-state index contributed by atoms with van der Waals surface area (Å²) in [6.45, 7) is 2.04. The van der Waals surface area contributed by atoms with E-state index < -0.39 is 10.8 Å². The lowest BCUT2D eigenvalue weighted by Gasteiger charge is -2.01. The van der Waals surface area contributed by atoms with Crippen LogP contribution in [0.3, 0.4) is 0 Å². The van der Waals surface area contributed by atoms with Crippen molar-refractivity contribution in [2.75, 3.05) is 5.32 Å². The fourth-order valence-electron chi connectivity index (χ4n) is 2.28. The second kappa shape index (κ2) is 7.23. The van der Waals surface area contributed by atoms with Crippen molar-refractivity contribution in [3.63, 3.8) is 0 Å². The third-order valence-corrected chi connectivity index (χ3v) is 4.50. The molecule has 7 heteroatoms. The van der Waals surface area contributed by atoms with E-state index in [1.54, 1.807) is 6.20 Å². The molecule has 0 fully saturated rings. The number of amides is 1. The molecule has 25 heavy (non-hydrogen) atoms. The van der Waals surface area contributed by atoms with Crippen LogP contribution in [0, 0.1) is 17.0 Å². The normalized spacial score (nSPS) is 10.4. The van der Waals surface area contributed by atoms with Crippen LogP contribution in [-0.2, 0) is 6.42 Å². The van der Waals surface area contributed by atoms with Crippen molar-refractivity contribution in [3.05, 3.63) is 86.4 Å². The number of aryl methyl sites for hydroxylation is 1. The fraction of sp³-hybridized carbons (Fsp3) is 0.111. The number of benzene rings is 2. The second-order valence-electron chi connectivity index (χ2n) is 5.56. The van der Waals surface area contributed by atoms with Crippen LogP contribution in [-0.4, -0.2) is 15.8 Å². The quantitative estimate of drug-likeness (QED) is 0.550. The number of carbonyl (C=O) groups is 1. The Labute approximate surface area is 148 Å². The molecule has 3 rings (SSSR count). The first-order valence-electron chi connectivity index (χ1n) is 7.57. The van der Waals surface area contributed by atoms with Crippen LogP contribution in [0.25, 0.3) is 0 Å². The molecular weight excluding hydrogens is 338 g/mol. The predicted octanol–water partition coefficient (Wildman–Crippen LogP) is 4.20. The van der Waals surface area contributed by atoms with Crippen LogP contribution in [0.5, 0.6) is 0 Å². The molecule has 0 unspecified atom stereocenters. The van der Waals surface area contributed by atoms with Gasteiger partial charge in [0, 0.05) is 35.2 Å². The Hall–Kier alpha value is -3.06. The minimum absolute atomic E-state index is 0.119. The maximum absolute atomic E-state index is 12.2. The van der Waals surface area contributed by atoms with Crippen LogP contribution < -0.4 is 5.32 Å². The number of nitrogens with one attached hydrogen (secondary N) is 1. The Bertz CT molecular complexity index is 919. The Kier molecular flexibility index (Phi) is 4.85. The number of hydrogen-bond acceptors (Lipinski definition) is 5. The maximum Gasteiger partial charge on any atom is 0.270 e. The predicted molar refractivity (Wildman–Crippen MR) is 97.1 cm³/mol. The van der Waals surface area contributed by atoms with Gasteiger partial charge >= 0.3 is 0 Å². The molecule has 1 amide bonds. The van der Waals surface area contributed by atoms with Gasteiger partial charge in [-0.1, -0.05) is 35.9 Å². The summed E-state index contributed by atoms with van der Waals surface area (Å²) in [5, 5.41) is 14.0. The number of thiazole rings is 1. The molecule has 0 saturated heterocycles. The molecule has 3 aromatic rings. The number of nitrogens with zero attached hydrogens (tertiary/aromatic N) is 2. The highest BCUT2D eigenvalue weighted by atomic mass is 32.1. The highest BCUT2D eigenvalue weighted by Gasteiger charge is 2.13. The molecule has 0 aliphatic heterocycles. The van der Waals surface area contributed by atoms with Crippen LogP contribution in [0.2, 0.25) is 0 Å². The van der Waals surface area contributed by atoms with Crippen LogP contribution in [0.4, 0.5) is 10.8 Å². The summed E-state index contributed by atoms with van der Waals surface area (Å²) in [7, 11) is 0. The lowest BCUT2D eigenvalue weighted by Crippen LogP contribution is -2.11. The highest BCUT2D eigenvalue weighted by molar-refractivity contribution is 7.15. The topological polar surface area (TPSA) is 85.1 Å². The molecule has 0 atom stereocenters. The number of nitro benzene ring substituents is 1. The third-order valence-electron chi connectivity index (χ3n) is 3.59. The monoisotopic (exact) mass is 353 g/mol. The van der Waals surface area contributed by atoms with Crippen LogP contribution in [0.1, 0.15) is 26.4 Å². The van der Waals surface area contributed by atoms with E-state index in [2.05, 4.69) is 34.6 Å². The Morgan fingerprint density at radius 1 is 1.24 bits per heavy atom. The van der Waals surface area contributed by atoms with Gasteiger partial charge in [0.1, 0.15) is 0 Å². The van der Waals surface area contributed by atoms with Gasteiger partial charge in [-0.15, -0.1) is 11.3 Å². The van der Waals surface area contributed by atoms with Gasteiger partial charge in [0.2, 0.25) is 0 Å². The summed E-state index contributed by atoms with van der Waals surface area (Å²) < 4.78 is 0. The van der Waals surface area contributed by atoms with E-state index in [9.17, 15) is 14.9 Å². The van der Waals surface area contributed by atoms with Crippen LogP contribution in [0.15, 0.2) is 54.7 Å². The summed E-state index contributed by atoms with van der Waals surface area (Å²) in [6, 6.07) is 13.9. The highest BCUT2D eigenvalue weighted by Crippen LogP contribution is 2.22. The molecule has 0 saturated carbocycles. The Balaban J connectivity index is 1.68. The number of anilines is 1. The van der Waals surface area contributed by atoms with E-state index in [1.807, 2.05) is 6.92 Å². The SMILES string of the molecule is Cc1ccc(Cc2cnc(NC(=O)c3cccc([N+](=O)[O-])c3)s2)cc1. The molecule has 1 N–H and O–H groups in total. The van der Waals surface area contributed by atoms with E-state index in [0.29, 0.717) is 5.13 Å². The van der Waals surface area contributed by atoms with Crippen molar-refractivity contribution in [1.29, 1.82) is 0 Å². The number of hydrogen-bond donors (Lipinski definition) is 1. The van der Waals surface area contributed by atoms with Crippen molar-refractivity contribution >= 4 is 28.1 Å². The van der Waals surface area contributed by atoms with Crippen molar-refractivity contribution < 1.29 is 9.72 Å². The summed E-state index contributed by atoms with van der Waals surface area (Å²) >= 11 is 1.39. The molecule has 1 aromatic heterocycles. The lowest BCUT2D eigenvalue weighted by atomic mass is 10.1. The van der Waals surface area contributed by atoms with Gasteiger partial charge < -0.3 is 0 Å². The molecule has 0 aliphatic rings. The van der Waals surface area contributed by atoms with E-state index in [0.717, 1.165) is 11.3 Å². The lowest BCUT2D eigenvalue weighted by molar-refractivity contribution is -0.384. The molecule has 126 valence electrons. The van der Waals surface area contributed by atoms with Gasteiger partial charge in [-0.25, -0.2) is 4.98 Å². The standard InChI is InChI=1S/C18H15N3O3S/c1-12-5-7-13(8-6-12)9-16-11-19-18(25-16)20-17(22)14-3-2-4-15(10-14)21(23)24/h2-8,10-11H,9H2,1H3,(H,19,20,22). The maximum atomic E-state index is 12.2. The molecule has 2 aromatic carbocycles. The molecule has 0 aliphatic carbocycles. The van der Waals surface area contributed by atoms with Crippen molar-refractivity contribution in [2.24, 2.45) is 0 Å². The largest absolute Gasteiger partial charge is 0.298 e. The number of non-ortho nitro benzene ring substituents is 1. The number of rotatable bonds is 5. The van der Waals surface area contributed by atoms with Gasteiger partial charge in [0.15, 0.2) is 5.13 Å². The first kappa shape index (κ1) is 16.8. The van der Waals surface area contributed by atoms with Crippen molar-refractivity contribution in [1.82, 2.24) is 4.98 Å². The van der Waals surface area contributed by atoms with Gasteiger partial charge in [0.05, 0.1) is 4.92 Å².